The summed E-state index contributed by atoms with van der Waals surface area (Å²) in [5, 5.41) is 0.457. The van der Waals surface area contributed by atoms with Gasteiger partial charge >= 0.3 is 5.97 Å². The van der Waals surface area contributed by atoms with E-state index in [4.69, 9.17) is 27.9 Å². The lowest BCUT2D eigenvalue weighted by molar-refractivity contribution is 0.0601. The number of benzene rings is 1. The molecule has 1 aromatic carbocycles. The Morgan fingerprint density at radius 1 is 0.833 bits per heavy atom. The summed E-state index contributed by atoms with van der Waals surface area (Å²) in [7, 11) is -5.33. The lowest BCUT2D eigenvalue weighted by Gasteiger charge is -2.24. The summed E-state index contributed by atoms with van der Waals surface area (Å²) in [5.74, 6) is -0.717. The van der Waals surface area contributed by atoms with Crippen LogP contribution in [0, 0.1) is 0 Å². The van der Waals surface area contributed by atoms with E-state index >= 15 is 0 Å². The van der Waals surface area contributed by atoms with Crippen molar-refractivity contribution in [2.45, 2.75) is 0 Å². The number of ether oxygens (including phenoxy) is 1. The smallest absolute Gasteiger partial charge is 0.337 e. The minimum Gasteiger partial charge on any atom is -0.465 e. The number of nitrogens with zero attached hydrogens (tertiary/aromatic N) is 2. The van der Waals surface area contributed by atoms with Crippen LogP contribution in [0.1, 0.15) is 10.4 Å². The third-order valence-corrected chi connectivity index (χ3v) is 7.93. The summed E-state index contributed by atoms with van der Waals surface area (Å²) >= 11 is 13.9. The van der Waals surface area contributed by atoms with E-state index in [-0.39, 0.29) is 26.9 Å². The normalized spacial score (nSPS) is 11.1. The fourth-order valence-electron chi connectivity index (χ4n) is 2.53. The summed E-state index contributed by atoms with van der Waals surface area (Å²) in [5.41, 5.74) is -0.0386. The van der Waals surface area contributed by atoms with Gasteiger partial charge in [0, 0.05) is 0 Å². The van der Waals surface area contributed by atoms with Gasteiger partial charge in [0.05, 0.1) is 32.7 Å². The number of rotatable bonds is 7. The van der Waals surface area contributed by atoms with Crippen LogP contribution in [0.25, 0.3) is 0 Å². The maximum atomic E-state index is 12.2. The number of anilines is 4. The number of hydrogen-bond donors (Lipinski definition) is 2. The van der Waals surface area contributed by atoms with Crippen molar-refractivity contribution in [3.63, 3.8) is 0 Å². The van der Waals surface area contributed by atoms with E-state index in [9.17, 15) is 21.6 Å². The SMILES string of the molecule is COC(=O)c1ccc(N(c2ccc(Cl)s2)[SH](=O)=O)c(N(c2ccc(Cl)s2)[SH](=O)=O)c1. The van der Waals surface area contributed by atoms with Gasteiger partial charge in [-0.05, 0) is 42.5 Å². The molecule has 30 heavy (non-hydrogen) atoms. The number of hydrogen-bond acceptors (Lipinski definition) is 8. The monoisotopic (exact) mass is 526 g/mol. The Morgan fingerprint density at radius 3 is 1.73 bits per heavy atom. The van der Waals surface area contributed by atoms with E-state index in [1.165, 1.54) is 49.6 Å². The van der Waals surface area contributed by atoms with Gasteiger partial charge in [-0.1, -0.05) is 23.2 Å². The fraction of sp³-hybridized carbons (Fsp3) is 0.0625. The maximum absolute atomic E-state index is 12.2. The van der Waals surface area contributed by atoms with Crippen molar-refractivity contribution in [1.29, 1.82) is 0 Å². The molecule has 14 heteroatoms. The molecule has 0 amide bonds. The van der Waals surface area contributed by atoms with Crippen molar-refractivity contribution in [2.24, 2.45) is 0 Å². The van der Waals surface area contributed by atoms with Crippen molar-refractivity contribution in [3.8, 4) is 0 Å². The van der Waals surface area contributed by atoms with E-state index in [1.807, 2.05) is 0 Å². The molecule has 160 valence electrons. The standard InChI is InChI=1S/C16H12Cl2N2O6S4/c1-26-16(21)9-2-3-10(19(29(22)23)14-6-4-12(17)27-14)11(8-9)20(30(24)25)15-7-5-13(18)28-15/h2-8,29-30H,1H3. The zero-order chi connectivity index (χ0) is 22.0. The van der Waals surface area contributed by atoms with Crippen molar-refractivity contribution >= 4 is 95.0 Å². The highest BCUT2D eigenvalue weighted by Crippen LogP contribution is 2.43. The minimum atomic E-state index is -3.28. The van der Waals surface area contributed by atoms with Crippen molar-refractivity contribution in [3.05, 3.63) is 56.7 Å². The molecule has 0 fully saturated rings. The van der Waals surface area contributed by atoms with Gasteiger partial charge in [0.25, 0.3) is 0 Å². The van der Waals surface area contributed by atoms with E-state index in [2.05, 4.69) is 0 Å². The molecule has 0 aliphatic carbocycles. The van der Waals surface area contributed by atoms with Crippen LogP contribution in [-0.4, -0.2) is 29.9 Å². The molecule has 2 aromatic heterocycles. The second-order valence-electron chi connectivity index (χ2n) is 5.45. The highest BCUT2D eigenvalue weighted by atomic mass is 35.5. The van der Waals surface area contributed by atoms with E-state index in [1.54, 1.807) is 0 Å². The number of halogens is 2. The van der Waals surface area contributed by atoms with Gasteiger partial charge in [0.2, 0.25) is 21.8 Å². The van der Waals surface area contributed by atoms with Gasteiger partial charge < -0.3 is 4.74 Å². The zero-order valence-electron chi connectivity index (χ0n) is 14.9. The van der Waals surface area contributed by atoms with Crippen LogP contribution in [0.5, 0.6) is 0 Å². The fourth-order valence-corrected chi connectivity index (χ4v) is 6.22. The third kappa shape index (κ3) is 4.74. The van der Waals surface area contributed by atoms with Gasteiger partial charge in [0.1, 0.15) is 10.0 Å². The predicted molar refractivity (Wildman–Crippen MR) is 121 cm³/mol. The Morgan fingerprint density at radius 2 is 1.33 bits per heavy atom. The summed E-state index contributed by atoms with van der Waals surface area (Å²) in [6.07, 6.45) is 0. The summed E-state index contributed by atoms with van der Waals surface area (Å²) in [6, 6.07) is 9.87. The molecule has 3 rings (SSSR count). The molecule has 0 atom stereocenters. The van der Waals surface area contributed by atoms with E-state index < -0.39 is 27.7 Å². The number of thiol groups is 2. The van der Waals surface area contributed by atoms with Crippen LogP contribution in [0.4, 0.5) is 21.4 Å². The van der Waals surface area contributed by atoms with Crippen molar-refractivity contribution in [2.75, 3.05) is 15.7 Å². The second-order valence-corrected chi connectivity index (χ2v) is 10.6. The topological polar surface area (TPSA) is 101 Å². The molecule has 0 aliphatic heterocycles. The van der Waals surface area contributed by atoms with Gasteiger partial charge in [0.15, 0.2) is 0 Å². The maximum Gasteiger partial charge on any atom is 0.337 e. The molecule has 0 unspecified atom stereocenters. The lowest BCUT2D eigenvalue weighted by atomic mass is 10.1. The van der Waals surface area contributed by atoms with Crippen LogP contribution < -0.4 is 8.61 Å². The Labute approximate surface area is 193 Å². The number of carbonyl (C=O) groups excluding carboxylic acids is 1. The molecular formula is C16H12Cl2N2O6S4. The summed E-state index contributed by atoms with van der Waals surface area (Å²) in [6.45, 7) is 0. The Bertz CT molecular complexity index is 1230. The predicted octanol–water partition coefficient (Wildman–Crippen LogP) is 4.23. The Hall–Kier alpha value is -1.83. The van der Waals surface area contributed by atoms with Crippen molar-refractivity contribution in [1.82, 2.24) is 0 Å². The van der Waals surface area contributed by atoms with Crippen LogP contribution in [0.15, 0.2) is 42.5 Å². The largest absolute Gasteiger partial charge is 0.465 e. The van der Waals surface area contributed by atoms with Gasteiger partial charge in [-0.2, -0.15) is 0 Å². The summed E-state index contributed by atoms with van der Waals surface area (Å²) in [4.78, 5) is 12.0. The molecule has 0 aliphatic rings. The van der Waals surface area contributed by atoms with Crippen LogP contribution >= 0.6 is 45.9 Å². The molecule has 0 saturated heterocycles. The molecule has 0 saturated carbocycles. The molecule has 0 spiro atoms. The molecule has 8 nitrogen and oxygen atoms in total. The van der Waals surface area contributed by atoms with Gasteiger partial charge in [-0.25, -0.2) is 30.2 Å². The number of methoxy groups -OCH3 is 1. The quantitative estimate of drug-likeness (QED) is 0.352. The Kier molecular flexibility index (Phi) is 7.26. The summed E-state index contributed by atoms with van der Waals surface area (Å²) < 4.78 is 55.7. The minimum absolute atomic E-state index is 0.000929. The second kappa shape index (κ2) is 9.54. The average Bonchev–Trinajstić information content (AvgIpc) is 3.30. The first kappa shape index (κ1) is 22.8. The number of esters is 1. The lowest BCUT2D eigenvalue weighted by Crippen LogP contribution is -2.20. The Balaban J connectivity index is 2.30. The highest BCUT2D eigenvalue weighted by Gasteiger charge is 2.26. The molecule has 3 aromatic rings. The molecule has 0 bridgehead atoms. The van der Waals surface area contributed by atoms with Crippen LogP contribution in [-0.2, 0) is 26.5 Å². The van der Waals surface area contributed by atoms with Crippen molar-refractivity contribution < 1.29 is 26.4 Å². The average molecular weight is 527 g/mol. The van der Waals surface area contributed by atoms with Crippen LogP contribution in [0.3, 0.4) is 0 Å². The molecule has 0 radical (unpaired) electrons. The number of carbonyl (C=O) groups is 1. The van der Waals surface area contributed by atoms with Gasteiger partial charge in [-0.15, -0.1) is 22.7 Å². The molecular weight excluding hydrogens is 515 g/mol. The van der Waals surface area contributed by atoms with E-state index in [0.29, 0.717) is 8.67 Å². The molecule has 0 N–H and O–H groups in total. The van der Waals surface area contributed by atoms with E-state index in [0.717, 1.165) is 31.3 Å². The first-order valence-electron chi connectivity index (χ1n) is 7.85. The highest BCUT2D eigenvalue weighted by molar-refractivity contribution is 7.75. The van der Waals surface area contributed by atoms with Crippen LogP contribution in [0.2, 0.25) is 8.67 Å². The zero-order valence-corrected chi connectivity index (χ0v) is 19.8. The first-order valence-corrected chi connectivity index (χ1v) is 12.5. The molecule has 2 heterocycles. The third-order valence-electron chi connectivity index (χ3n) is 3.72. The first-order chi connectivity index (χ1) is 14.2. The number of thiophene rings is 2. The van der Waals surface area contributed by atoms with Gasteiger partial charge in [-0.3, -0.25) is 0 Å².